The maximum absolute atomic E-state index is 10.2. The van der Waals surface area contributed by atoms with Gasteiger partial charge < -0.3 is 14.7 Å². The second kappa shape index (κ2) is 6.80. The fraction of sp³-hybridized carbons (Fsp3) is 0.667. The topological polar surface area (TPSA) is 32.7 Å². The Labute approximate surface area is 127 Å². The Morgan fingerprint density at radius 3 is 3.00 bits per heavy atom. The van der Waals surface area contributed by atoms with Gasteiger partial charge in [-0.3, -0.25) is 0 Å². The van der Waals surface area contributed by atoms with E-state index in [1.165, 1.54) is 43.2 Å². The van der Waals surface area contributed by atoms with Crippen molar-refractivity contribution >= 4 is 0 Å². The lowest BCUT2D eigenvalue weighted by Gasteiger charge is -2.32. The number of hydrogen-bond acceptors (Lipinski definition) is 3. The number of aryl methyl sites for hydroxylation is 2. The second-order valence-corrected chi connectivity index (χ2v) is 6.76. The number of likely N-dealkylation sites (tertiary alicyclic amines) is 1. The molecule has 0 bridgehead atoms. The van der Waals surface area contributed by atoms with Gasteiger partial charge in [-0.1, -0.05) is 13.0 Å². The van der Waals surface area contributed by atoms with Gasteiger partial charge in [0.25, 0.3) is 0 Å². The standard InChI is InChI=1S/C18H27NO2/c1-14-4-3-9-19(11-14)12-17(20)13-21-18-8-7-15-5-2-6-16(15)10-18/h7-8,10,14,17,20H,2-6,9,11-13H2,1H3. The molecule has 3 nitrogen and oxygen atoms in total. The third kappa shape index (κ3) is 3.98. The van der Waals surface area contributed by atoms with E-state index in [1.54, 1.807) is 0 Å². The van der Waals surface area contributed by atoms with E-state index in [-0.39, 0.29) is 0 Å². The molecule has 2 unspecified atom stereocenters. The molecule has 0 radical (unpaired) electrons. The molecule has 1 fully saturated rings. The lowest BCUT2D eigenvalue weighted by Crippen LogP contribution is -2.41. The molecule has 1 aromatic carbocycles. The van der Waals surface area contributed by atoms with Crippen LogP contribution in [0.4, 0.5) is 0 Å². The van der Waals surface area contributed by atoms with Crippen LogP contribution >= 0.6 is 0 Å². The average Bonchev–Trinajstić information content (AvgIpc) is 2.92. The molecular formula is C18H27NO2. The summed E-state index contributed by atoms with van der Waals surface area (Å²) in [7, 11) is 0. The number of hydrogen-bond donors (Lipinski definition) is 1. The van der Waals surface area contributed by atoms with Crippen LogP contribution in [0.2, 0.25) is 0 Å². The van der Waals surface area contributed by atoms with Gasteiger partial charge in [-0.15, -0.1) is 0 Å². The molecule has 1 heterocycles. The van der Waals surface area contributed by atoms with Crippen molar-refractivity contribution in [1.29, 1.82) is 0 Å². The van der Waals surface area contributed by atoms with Crippen molar-refractivity contribution < 1.29 is 9.84 Å². The van der Waals surface area contributed by atoms with E-state index in [0.717, 1.165) is 31.3 Å². The number of nitrogens with zero attached hydrogens (tertiary/aromatic N) is 1. The van der Waals surface area contributed by atoms with Crippen LogP contribution < -0.4 is 4.74 Å². The maximum atomic E-state index is 10.2. The fourth-order valence-electron chi connectivity index (χ4n) is 3.63. The molecule has 1 aromatic rings. The van der Waals surface area contributed by atoms with Gasteiger partial charge in [-0.25, -0.2) is 0 Å². The maximum Gasteiger partial charge on any atom is 0.119 e. The highest BCUT2D eigenvalue weighted by Crippen LogP contribution is 2.26. The molecule has 1 N–H and O–H groups in total. The molecule has 2 atom stereocenters. The minimum atomic E-state index is -0.399. The van der Waals surface area contributed by atoms with E-state index < -0.39 is 6.10 Å². The predicted molar refractivity (Wildman–Crippen MR) is 84.8 cm³/mol. The van der Waals surface area contributed by atoms with Gasteiger partial charge in [0.15, 0.2) is 0 Å². The van der Waals surface area contributed by atoms with Crippen LogP contribution in [0.3, 0.4) is 0 Å². The quantitative estimate of drug-likeness (QED) is 0.904. The SMILES string of the molecule is CC1CCCN(CC(O)COc2ccc3c(c2)CCC3)C1. The molecule has 3 rings (SSSR count). The lowest BCUT2D eigenvalue weighted by atomic mass is 10.0. The fourth-order valence-corrected chi connectivity index (χ4v) is 3.63. The van der Waals surface area contributed by atoms with Crippen LogP contribution in [0.5, 0.6) is 5.75 Å². The van der Waals surface area contributed by atoms with Crippen molar-refractivity contribution in [1.82, 2.24) is 4.90 Å². The Morgan fingerprint density at radius 1 is 1.29 bits per heavy atom. The largest absolute Gasteiger partial charge is 0.491 e. The van der Waals surface area contributed by atoms with E-state index >= 15 is 0 Å². The summed E-state index contributed by atoms with van der Waals surface area (Å²) in [6.07, 6.45) is 5.79. The van der Waals surface area contributed by atoms with E-state index in [4.69, 9.17) is 4.74 Å². The first kappa shape index (κ1) is 14.9. The first-order chi connectivity index (χ1) is 10.2. The second-order valence-electron chi connectivity index (χ2n) is 6.76. The Kier molecular flexibility index (Phi) is 4.81. The zero-order valence-corrected chi connectivity index (χ0v) is 13.1. The minimum Gasteiger partial charge on any atom is -0.491 e. The molecule has 1 aliphatic heterocycles. The number of fused-ring (bicyclic) bond motifs is 1. The number of piperidine rings is 1. The third-order valence-electron chi connectivity index (χ3n) is 4.72. The molecule has 0 spiro atoms. The van der Waals surface area contributed by atoms with E-state index in [2.05, 4.69) is 24.0 Å². The molecule has 0 aromatic heterocycles. The highest BCUT2D eigenvalue weighted by molar-refractivity contribution is 5.38. The predicted octanol–water partition coefficient (Wildman–Crippen LogP) is 2.65. The zero-order valence-electron chi connectivity index (χ0n) is 13.1. The van der Waals surface area contributed by atoms with Crippen LogP contribution in [-0.2, 0) is 12.8 Å². The van der Waals surface area contributed by atoms with Crippen molar-refractivity contribution in [3.05, 3.63) is 29.3 Å². The minimum absolute atomic E-state index is 0.393. The molecule has 0 saturated carbocycles. The number of β-amino-alcohol motifs (C(OH)–C–C–N with tert-alkyl or cyclic N) is 1. The monoisotopic (exact) mass is 289 g/mol. The molecule has 0 amide bonds. The van der Waals surface area contributed by atoms with E-state index in [1.807, 2.05) is 6.07 Å². The van der Waals surface area contributed by atoms with Gasteiger partial charge in [0.2, 0.25) is 0 Å². The molecule has 1 aliphatic carbocycles. The summed E-state index contributed by atoms with van der Waals surface area (Å²) in [5.41, 5.74) is 2.89. The van der Waals surface area contributed by atoms with Crippen LogP contribution in [0.15, 0.2) is 18.2 Å². The van der Waals surface area contributed by atoms with Gasteiger partial charge in [-0.2, -0.15) is 0 Å². The molecule has 3 heteroatoms. The summed E-state index contributed by atoms with van der Waals surface area (Å²) in [6.45, 7) is 5.63. The van der Waals surface area contributed by atoms with Gasteiger partial charge in [0.05, 0.1) is 0 Å². The highest BCUT2D eigenvalue weighted by atomic mass is 16.5. The molecule has 116 valence electrons. The Balaban J connectivity index is 1.46. The Bertz CT molecular complexity index is 474. The van der Waals surface area contributed by atoms with E-state index in [9.17, 15) is 5.11 Å². The summed E-state index contributed by atoms with van der Waals surface area (Å²) in [6, 6.07) is 6.37. The zero-order chi connectivity index (χ0) is 14.7. The normalized spacial score (nSPS) is 23.8. The number of rotatable bonds is 5. The summed E-state index contributed by atoms with van der Waals surface area (Å²) < 4.78 is 5.78. The highest BCUT2D eigenvalue weighted by Gasteiger charge is 2.19. The Morgan fingerprint density at radius 2 is 2.14 bits per heavy atom. The van der Waals surface area contributed by atoms with Crippen molar-refractivity contribution in [3.8, 4) is 5.75 Å². The van der Waals surface area contributed by atoms with Crippen LogP contribution in [0, 0.1) is 5.92 Å². The van der Waals surface area contributed by atoms with Gasteiger partial charge in [0, 0.05) is 13.1 Å². The summed E-state index contributed by atoms with van der Waals surface area (Å²) in [5.74, 6) is 1.66. The molecular weight excluding hydrogens is 262 g/mol. The third-order valence-corrected chi connectivity index (χ3v) is 4.72. The summed E-state index contributed by atoms with van der Waals surface area (Å²) >= 11 is 0. The van der Waals surface area contributed by atoms with Gasteiger partial charge in [-0.05, 0) is 67.8 Å². The number of aliphatic hydroxyl groups excluding tert-OH is 1. The average molecular weight is 289 g/mol. The molecule has 21 heavy (non-hydrogen) atoms. The van der Waals surface area contributed by atoms with Crippen LogP contribution in [0.1, 0.15) is 37.3 Å². The lowest BCUT2D eigenvalue weighted by molar-refractivity contribution is 0.0537. The Hall–Kier alpha value is -1.06. The first-order valence-corrected chi connectivity index (χ1v) is 8.36. The molecule has 1 saturated heterocycles. The number of ether oxygens (including phenoxy) is 1. The summed E-state index contributed by atoms with van der Waals surface area (Å²) in [5, 5.41) is 10.2. The van der Waals surface area contributed by atoms with Gasteiger partial charge >= 0.3 is 0 Å². The van der Waals surface area contributed by atoms with E-state index in [0.29, 0.717) is 6.61 Å². The van der Waals surface area contributed by atoms with Gasteiger partial charge in [0.1, 0.15) is 18.5 Å². The number of benzene rings is 1. The first-order valence-electron chi connectivity index (χ1n) is 8.36. The smallest absolute Gasteiger partial charge is 0.119 e. The summed E-state index contributed by atoms with van der Waals surface area (Å²) in [4.78, 5) is 2.37. The van der Waals surface area contributed by atoms with Crippen molar-refractivity contribution in [2.45, 2.75) is 45.1 Å². The number of aliphatic hydroxyl groups is 1. The van der Waals surface area contributed by atoms with Crippen molar-refractivity contribution in [3.63, 3.8) is 0 Å². The van der Waals surface area contributed by atoms with Crippen molar-refractivity contribution in [2.24, 2.45) is 5.92 Å². The van der Waals surface area contributed by atoms with Crippen molar-refractivity contribution in [2.75, 3.05) is 26.2 Å². The van der Waals surface area contributed by atoms with Crippen LogP contribution in [0.25, 0.3) is 0 Å². The molecule has 2 aliphatic rings. The van der Waals surface area contributed by atoms with Crippen LogP contribution in [-0.4, -0.2) is 42.4 Å².